The number of hydrogen-bond donors (Lipinski definition) is 2. The van der Waals surface area contributed by atoms with E-state index in [0.717, 1.165) is 58.7 Å². The fraction of sp³-hybridized carbons (Fsp3) is 0.360. The van der Waals surface area contributed by atoms with Gasteiger partial charge in [0.05, 0.1) is 32.8 Å². The summed E-state index contributed by atoms with van der Waals surface area (Å²) in [7, 11) is 6.00. The molecule has 0 unspecified atom stereocenters. The molecule has 4 aromatic rings. The van der Waals surface area contributed by atoms with Crippen LogP contribution in [0.2, 0.25) is 10.0 Å². The molecule has 174 valence electrons. The van der Waals surface area contributed by atoms with Crippen molar-refractivity contribution in [3.63, 3.8) is 0 Å². The van der Waals surface area contributed by atoms with Crippen molar-refractivity contribution < 1.29 is 5.11 Å². The van der Waals surface area contributed by atoms with Gasteiger partial charge in [-0.05, 0) is 69.4 Å². The number of phenols is 1. The van der Waals surface area contributed by atoms with Crippen molar-refractivity contribution in [2.24, 2.45) is 0 Å². The summed E-state index contributed by atoms with van der Waals surface area (Å²) in [6.07, 6.45) is 7.26. The van der Waals surface area contributed by atoms with Crippen LogP contribution in [0.3, 0.4) is 0 Å². The lowest BCUT2D eigenvalue weighted by Crippen LogP contribution is -2.24. The molecule has 6 nitrogen and oxygen atoms in total. The maximum Gasteiger partial charge on any atom is 0.326 e. The number of phenolic OH excluding ortho intramolecular Hbond substituents is 1. The number of fused-ring (bicyclic) bond motifs is 3. The first-order chi connectivity index (χ1) is 15.8. The van der Waals surface area contributed by atoms with Crippen LogP contribution in [0.4, 0.5) is 0 Å². The van der Waals surface area contributed by atoms with Crippen LogP contribution in [0.5, 0.6) is 5.75 Å². The first kappa shape index (κ1) is 23.6. The van der Waals surface area contributed by atoms with Crippen molar-refractivity contribution in [1.82, 2.24) is 19.4 Å². The summed E-state index contributed by atoms with van der Waals surface area (Å²) in [6.45, 7) is 0. The number of aromatic hydroxyl groups is 1. The van der Waals surface area contributed by atoms with Gasteiger partial charge in [0.25, 0.3) is 0 Å². The van der Waals surface area contributed by atoms with Crippen LogP contribution < -0.4 is 5.69 Å². The van der Waals surface area contributed by atoms with Gasteiger partial charge in [-0.3, -0.25) is 9.55 Å². The van der Waals surface area contributed by atoms with Gasteiger partial charge in [0.2, 0.25) is 0 Å². The maximum atomic E-state index is 12.8. The van der Waals surface area contributed by atoms with Crippen molar-refractivity contribution in [2.75, 3.05) is 21.1 Å². The Morgan fingerprint density at radius 1 is 1.03 bits per heavy atom. The Kier molecular flexibility index (Phi) is 6.98. The third-order valence-corrected chi connectivity index (χ3v) is 6.41. The molecule has 1 fully saturated rings. The monoisotopic (exact) mass is 486 g/mol. The average molecular weight is 487 g/mol. The number of aromatic amines is 1. The van der Waals surface area contributed by atoms with E-state index in [-0.39, 0.29) is 27.5 Å². The summed E-state index contributed by atoms with van der Waals surface area (Å²) < 4.78 is 1.92. The molecule has 0 radical (unpaired) electrons. The van der Waals surface area contributed by atoms with Crippen LogP contribution >= 0.6 is 23.2 Å². The normalized spacial score (nSPS) is 14.6. The number of nitrogens with zero attached hydrogens (tertiary/aromatic N) is 3. The zero-order valence-electron chi connectivity index (χ0n) is 19.0. The Morgan fingerprint density at radius 3 is 2.30 bits per heavy atom. The van der Waals surface area contributed by atoms with Crippen molar-refractivity contribution in [2.45, 2.75) is 38.1 Å². The van der Waals surface area contributed by atoms with E-state index in [0.29, 0.717) is 0 Å². The Labute approximate surface area is 202 Å². The summed E-state index contributed by atoms with van der Waals surface area (Å²) in [5.41, 5.74) is 4.05. The predicted molar refractivity (Wildman–Crippen MR) is 137 cm³/mol. The molecule has 33 heavy (non-hydrogen) atoms. The number of benzene rings is 2. The summed E-state index contributed by atoms with van der Waals surface area (Å²) in [5.74, 6) is -0.126. The second-order valence-corrected chi connectivity index (χ2v) is 9.79. The number of pyridine rings is 1. The second-order valence-electron chi connectivity index (χ2n) is 8.97. The molecular formula is C25H28Cl2N4O2. The van der Waals surface area contributed by atoms with Crippen LogP contribution in [0, 0.1) is 0 Å². The van der Waals surface area contributed by atoms with Gasteiger partial charge in [-0.2, -0.15) is 0 Å². The van der Waals surface area contributed by atoms with Crippen LogP contribution in [0.15, 0.2) is 41.3 Å². The molecular weight excluding hydrogens is 459 g/mol. The first-order valence-corrected chi connectivity index (χ1v) is 11.8. The molecule has 0 saturated heterocycles. The molecule has 2 aromatic heterocycles. The minimum atomic E-state index is -0.126. The lowest BCUT2D eigenvalue weighted by atomic mass is 9.95. The zero-order chi connectivity index (χ0) is 23.7. The van der Waals surface area contributed by atoms with E-state index in [4.69, 9.17) is 23.2 Å². The summed E-state index contributed by atoms with van der Waals surface area (Å²) >= 11 is 12.2. The largest absolute Gasteiger partial charge is 0.505 e. The highest BCUT2D eigenvalue weighted by atomic mass is 35.5. The molecule has 1 saturated carbocycles. The van der Waals surface area contributed by atoms with Crippen LogP contribution in [0.25, 0.3) is 33.1 Å². The van der Waals surface area contributed by atoms with Crippen molar-refractivity contribution in [1.29, 1.82) is 0 Å². The van der Waals surface area contributed by atoms with Gasteiger partial charge in [-0.1, -0.05) is 48.5 Å². The van der Waals surface area contributed by atoms with Crippen molar-refractivity contribution in [3.05, 3.63) is 57.1 Å². The lowest BCUT2D eigenvalue weighted by Gasteiger charge is -2.23. The fourth-order valence-electron chi connectivity index (χ4n) is 4.41. The molecule has 0 atom stereocenters. The number of halogens is 2. The Hall–Kier alpha value is -2.54. The van der Waals surface area contributed by atoms with Gasteiger partial charge in [-0.15, -0.1) is 0 Å². The molecule has 2 N–H and O–H groups in total. The summed E-state index contributed by atoms with van der Waals surface area (Å²) in [4.78, 5) is 22.3. The molecule has 1 aliphatic carbocycles. The van der Waals surface area contributed by atoms with Crippen molar-refractivity contribution >= 4 is 45.1 Å². The molecule has 8 heteroatoms. The molecule has 2 aromatic carbocycles. The number of hydrogen-bond acceptors (Lipinski definition) is 4. The number of H-pyrrole nitrogens is 1. The van der Waals surface area contributed by atoms with Gasteiger partial charge >= 0.3 is 5.69 Å². The Balaban J connectivity index is 0.000000601. The van der Waals surface area contributed by atoms with Crippen molar-refractivity contribution in [3.8, 4) is 16.9 Å². The van der Waals surface area contributed by atoms with E-state index in [2.05, 4.69) is 9.97 Å². The molecule has 1 aliphatic rings. The van der Waals surface area contributed by atoms with E-state index < -0.39 is 0 Å². The Morgan fingerprint density at radius 2 is 1.67 bits per heavy atom. The fourth-order valence-corrected chi connectivity index (χ4v) is 4.89. The Bertz CT molecular complexity index is 1330. The van der Waals surface area contributed by atoms with Gasteiger partial charge in [0.1, 0.15) is 0 Å². The predicted octanol–water partition coefficient (Wildman–Crippen LogP) is 6.24. The average Bonchev–Trinajstić information content (AvgIpc) is 3.13. The number of nitrogens with one attached hydrogen (secondary N) is 1. The molecule has 0 aliphatic heterocycles. The minimum Gasteiger partial charge on any atom is -0.505 e. The first-order valence-electron chi connectivity index (χ1n) is 11.1. The third kappa shape index (κ3) is 4.88. The second kappa shape index (κ2) is 9.75. The molecule has 5 rings (SSSR count). The smallest absolute Gasteiger partial charge is 0.326 e. The quantitative estimate of drug-likeness (QED) is 0.351. The summed E-state index contributed by atoms with van der Waals surface area (Å²) in [5, 5.41) is 11.2. The number of aromatic nitrogens is 3. The number of rotatable bonds is 2. The molecule has 2 heterocycles. The standard InChI is InChI=1S/C22H19Cl2N3O2.C3H9N/c23-16-9-13(10-17(24)21(16)28)12-6-7-18-15(8-12)20-19(11-25-18)26-22(29)27(20)14-4-2-1-3-5-14;1-4(2)3/h6-11,14,28H,1-5H2,(H,26,29);1-3H3. The van der Waals surface area contributed by atoms with Gasteiger partial charge < -0.3 is 15.0 Å². The van der Waals surface area contributed by atoms with Crippen LogP contribution in [-0.2, 0) is 0 Å². The topological polar surface area (TPSA) is 74.2 Å². The molecule has 0 bridgehead atoms. The van der Waals surface area contributed by atoms with E-state index in [1.54, 1.807) is 18.3 Å². The van der Waals surface area contributed by atoms with Gasteiger partial charge in [-0.25, -0.2) is 4.79 Å². The van der Waals surface area contributed by atoms with E-state index in [9.17, 15) is 9.90 Å². The van der Waals surface area contributed by atoms with Gasteiger partial charge in [0.15, 0.2) is 5.75 Å². The highest BCUT2D eigenvalue weighted by Crippen LogP contribution is 2.38. The van der Waals surface area contributed by atoms with Crippen LogP contribution in [-0.4, -0.2) is 45.7 Å². The van der Waals surface area contributed by atoms with E-state index >= 15 is 0 Å². The lowest BCUT2D eigenvalue weighted by molar-refractivity contribution is 0.354. The maximum absolute atomic E-state index is 12.8. The van der Waals surface area contributed by atoms with E-state index in [1.165, 1.54) is 6.42 Å². The SMILES string of the molecule is CN(C)C.O=c1[nH]c2cnc3ccc(-c4cc(Cl)c(O)c(Cl)c4)cc3c2n1C1CCCCC1. The van der Waals surface area contributed by atoms with E-state index in [1.807, 2.05) is 48.8 Å². The van der Waals surface area contributed by atoms with Crippen LogP contribution in [0.1, 0.15) is 38.1 Å². The number of imidazole rings is 1. The molecule has 0 amide bonds. The zero-order valence-corrected chi connectivity index (χ0v) is 20.5. The van der Waals surface area contributed by atoms with Gasteiger partial charge in [0, 0.05) is 11.4 Å². The molecule has 0 spiro atoms. The highest BCUT2D eigenvalue weighted by Gasteiger charge is 2.21. The third-order valence-electron chi connectivity index (χ3n) is 5.83. The highest BCUT2D eigenvalue weighted by molar-refractivity contribution is 6.37. The minimum absolute atomic E-state index is 0.0812. The summed E-state index contributed by atoms with van der Waals surface area (Å²) in [6, 6.07) is 9.45.